The zero-order valence-electron chi connectivity index (χ0n) is 13.2. The number of hydrogen-bond acceptors (Lipinski definition) is 4. The summed E-state index contributed by atoms with van der Waals surface area (Å²) in [6.07, 6.45) is 2.71. The summed E-state index contributed by atoms with van der Waals surface area (Å²) in [5.41, 5.74) is -5.69. The minimum atomic E-state index is -5.60. The van der Waals surface area contributed by atoms with Gasteiger partial charge in [0.2, 0.25) is 0 Å². The van der Waals surface area contributed by atoms with E-state index in [1.165, 1.54) is 0 Å². The van der Waals surface area contributed by atoms with E-state index in [0.717, 1.165) is 44.5 Å². The van der Waals surface area contributed by atoms with E-state index >= 15 is 0 Å². The summed E-state index contributed by atoms with van der Waals surface area (Å²) >= 11 is 0. The molecule has 0 spiro atoms. The molecule has 1 saturated heterocycles. The van der Waals surface area contributed by atoms with E-state index in [4.69, 9.17) is 0 Å². The van der Waals surface area contributed by atoms with Gasteiger partial charge in [-0.05, 0) is 63.5 Å². The van der Waals surface area contributed by atoms with Gasteiger partial charge < -0.3 is 10.2 Å². The van der Waals surface area contributed by atoms with Crippen LogP contribution in [0.25, 0.3) is 0 Å². The van der Waals surface area contributed by atoms with Crippen molar-refractivity contribution in [2.75, 3.05) is 32.0 Å². The standard InChI is InChI=1S/C15H20F4N2O2S/c1-21-8-5-11(6-9-21)4-7-20-13-3-2-12(16)10-14(13)24(22,23)15(17,18)19/h2-3,10-11,20H,4-9H2,1H3. The largest absolute Gasteiger partial charge is 0.501 e. The predicted molar refractivity (Wildman–Crippen MR) is 83.0 cm³/mol. The highest BCUT2D eigenvalue weighted by molar-refractivity contribution is 7.92. The minimum absolute atomic E-state index is 0.221. The monoisotopic (exact) mass is 368 g/mol. The molecule has 1 aromatic carbocycles. The molecule has 24 heavy (non-hydrogen) atoms. The van der Waals surface area contributed by atoms with E-state index in [-0.39, 0.29) is 5.69 Å². The number of likely N-dealkylation sites (tertiary alicyclic amines) is 1. The molecular weight excluding hydrogens is 348 g/mol. The molecule has 9 heteroatoms. The molecule has 1 aliphatic rings. The molecule has 1 aliphatic heterocycles. The lowest BCUT2D eigenvalue weighted by molar-refractivity contribution is -0.0435. The molecule has 1 fully saturated rings. The third-order valence-electron chi connectivity index (χ3n) is 4.24. The van der Waals surface area contributed by atoms with Crippen molar-refractivity contribution in [2.24, 2.45) is 5.92 Å². The van der Waals surface area contributed by atoms with E-state index in [0.29, 0.717) is 18.5 Å². The summed E-state index contributed by atoms with van der Waals surface area (Å²) < 4.78 is 74.6. The molecule has 4 nitrogen and oxygen atoms in total. The Hall–Kier alpha value is -1.35. The number of nitrogens with one attached hydrogen (secondary N) is 1. The Balaban J connectivity index is 2.08. The van der Waals surface area contributed by atoms with Crippen molar-refractivity contribution in [1.29, 1.82) is 0 Å². The molecule has 1 heterocycles. The summed E-state index contributed by atoms with van der Waals surface area (Å²) in [5, 5.41) is 2.72. The van der Waals surface area contributed by atoms with Crippen LogP contribution in [0, 0.1) is 11.7 Å². The van der Waals surface area contributed by atoms with E-state index in [1.807, 2.05) is 7.05 Å². The third kappa shape index (κ3) is 4.38. The Morgan fingerprint density at radius 2 is 1.88 bits per heavy atom. The van der Waals surface area contributed by atoms with Gasteiger partial charge >= 0.3 is 5.51 Å². The van der Waals surface area contributed by atoms with Crippen molar-refractivity contribution >= 4 is 15.5 Å². The van der Waals surface area contributed by atoms with Crippen molar-refractivity contribution in [2.45, 2.75) is 29.7 Å². The van der Waals surface area contributed by atoms with Gasteiger partial charge in [-0.1, -0.05) is 0 Å². The maximum Gasteiger partial charge on any atom is 0.501 e. The number of nitrogens with zero attached hydrogens (tertiary/aromatic N) is 1. The van der Waals surface area contributed by atoms with Crippen LogP contribution in [0.2, 0.25) is 0 Å². The summed E-state index contributed by atoms with van der Waals surface area (Å²) in [7, 11) is -3.57. The highest BCUT2D eigenvalue weighted by Crippen LogP contribution is 2.35. The fraction of sp³-hybridized carbons (Fsp3) is 0.600. The van der Waals surface area contributed by atoms with Crippen molar-refractivity contribution in [3.8, 4) is 0 Å². The smallest absolute Gasteiger partial charge is 0.384 e. The molecular formula is C15H20F4N2O2S. The first kappa shape index (κ1) is 19.0. The molecule has 0 atom stereocenters. The van der Waals surface area contributed by atoms with Crippen molar-refractivity contribution < 1.29 is 26.0 Å². The van der Waals surface area contributed by atoms with Crippen LogP contribution < -0.4 is 5.32 Å². The Bertz CT molecular complexity index is 669. The van der Waals surface area contributed by atoms with Crippen molar-refractivity contribution in [1.82, 2.24) is 4.90 Å². The highest BCUT2D eigenvalue weighted by atomic mass is 32.2. The zero-order chi connectivity index (χ0) is 18.0. The number of halogens is 4. The normalized spacial score (nSPS) is 17.9. The van der Waals surface area contributed by atoms with Crippen LogP contribution in [0.5, 0.6) is 0 Å². The Morgan fingerprint density at radius 3 is 2.46 bits per heavy atom. The maximum absolute atomic E-state index is 13.3. The average molecular weight is 368 g/mol. The van der Waals surface area contributed by atoms with Gasteiger partial charge in [0.05, 0.1) is 5.69 Å². The highest BCUT2D eigenvalue weighted by Gasteiger charge is 2.48. The van der Waals surface area contributed by atoms with E-state index < -0.39 is 26.1 Å². The maximum atomic E-state index is 13.3. The fourth-order valence-electron chi connectivity index (χ4n) is 2.75. The van der Waals surface area contributed by atoms with Crippen LogP contribution in [0.3, 0.4) is 0 Å². The van der Waals surface area contributed by atoms with Gasteiger partial charge in [0.15, 0.2) is 0 Å². The van der Waals surface area contributed by atoms with E-state index in [1.54, 1.807) is 0 Å². The minimum Gasteiger partial charge on any atom is -0.384 e. The van der Waals surface area contributed by atoms with Crippen LogP contribution in [0.15, 0.2) is 23.1 Å². The second kappa shape index (κ2) is 7.26. The molecule has 0 bridgehead atoms. The van der Waals surface area contributed by atoms with Gasteiger partial charge in [-0.2, -0.15) is 13.2 Å². The predicted octanol–water partition coefficient (Wildman–Crippen LogP) is 3.26. The van der Waals surface area contributed by atoms with Crippen molar-refractivity contribution in [3.63, 3.8) is 0 Å². The van der Waals surface area contributed by atoms with Gasteiger partial charge in [0.1, 0.15) is 10.7 Å². The Labute approximate surface area is 138 Å². The molecule has 0 unspecified atom stereocenters. The van der Waals surface area contributed by atoms with Gasteiger partial charge in [0, 0.05) is 6.54 Å². The first-order chi connectivity index (χ1) is 11.1. The quantitative estimate of drug-likeness (QED) is 0.811. The number of sulfone groups is 1. The summed E-state index contributed by atoms with van der Waals surface area (Å²) in [6, 6.07) is 2.37. The lowest BCUT2D eigenvalue weighted by atomic mass is 9.94. The van der Waals surface area contributed by atoms with Gasteiger partial charge in [-0.15, -0.1) is 0 Å². The number of alkyl halides is 3. The topological polar surface area (TPSA) is 49.4 Å². The lowest BCUT2D eigenvalue weighted by Gasteiger charge is -2.29. The van der Waals surface area contributed by atoms with Gasteiger partial charge in [0.25, 0.3) is 9.84 Å². The summed E-state index contributed by atoms with van der Waals surface area (Å²) in [6.45, 7) is 2.27. The van der Waals surface area contributed by atoms with E-state index in [9.17, 15) is 26.0 Å². The molecule has 2 rings (SSSR count). The molecule has 1 N–H and O–H groups in total. The zero-order valence-corrected chi connectivity index (χ0v) is 14.1. The third-order valence-corrected chi connectivity index (χ3v) is 5.77. The molecule has 136 valence electrons. The second-order valence-electron chi connectivity index (χ2n) is 6.05. The number of piperidine rings is 1. The van der Waals surface area contributed by atoms with Gasteiger partial charge in [-0.3, -0.25) is 0 Å². The second-order valence-corrected chi connectivity index (χ2v) is 7.96. The van der Waals surface area contributed by atoms with Gasteiger partial charge in [-0.25, -0.2) is 12.8 Å². The Morgan fingerprint density at radius 1 is 1.25 bits per heavy atom. The number of benzene rings is 1. The number of anilines is 1. The van der Waals surface area contributed by atoms with Crippen LogP contribution in [-0.4, -0.2) is 45.5 Å². The molecule has 1 aromatic rings. The van der Waals surface area contributed by atoms with Crippen LogP contribution in [-0.2, 0) is 9.84 Å². The molecule has 0 amide bonds. The number of rotatable bonds is 5. The van der Waals surface area contributed by atoms with Crippen LogP contribution in [0.1, 0.15) is 19.3 Å². The lowest BCUT2D eigenvalue weighted by Crippen LogP contribution is -2.31. The first-order valence-corrected chi connectivity index (χ1v) is 9.13. The summed E-state index contributed by atoms with van der Waals surface area (Å²) in [4.78, 5) is 1.14. The number of hydrogen-bond donors (Lipinski definition) is 1. The van der Waals surface area contributed by atoms with Crippen LogP contribution in [0.4, 0.5) is 23.2 Å². The molecule has 0 aliphatic carbocycles. The molecule has 0 radical (unpaired) electrons. The Kier molecular flexibility index (Phi) is 5.74. The molecule has 0 saturated carbocycles. The first-order valence-electron chi connectivity index (χ1n) is 7.64. The van der Waals surface area contributed by atoms with Crippen molar-refractivity contribution in [3.05, 3.63) is 24.0 Å². The fourth-order valence-corrected chi connectivity index (χ4v) is 3.70. The van der Waals surface area contributed by atoms with E-state index in [2.05, 4.69) is 10.2 Å². The average Bonchev–Trinajstić information content (AvgIpc) is 2.49. The van der Waals surface area contributed by atoms with Crippen LogP contribution >= 0.6 is 0 Å². The SMILES string of the molecule is CN1CCC(CCNc2ccc(F)cc2S(=O)(=O)C(F)(F)F)CC1. The summed E-state index contributed by atoms with van der Waals surface area (Å²) in [5.74, 6) is -0.587. The molecule has 0 aromatic heterocycles.